The lowest BCUT2D eigenvalue weighted by molar-refractivity contribution is -0.123. The lowest BCUT2D eigenvalue weighted by Gasteiger charge is -2.33. The normalized spacial score (nSPS) is 23.7. The van der Waals surface area contributed by atoms with Gasteiger partial charge in [-0.1, -0.05) is 18.2 Å². The minimum atomic E-state index is -0.985. The first kappa shape index (κ1) is 15.8. The van der Waals surface area contributed by atoms with Gasteiger partial charge in [0.05, 0.1) is 18.6 Å². The molecule has 1 spiro atoms. The second-order valence-corrected chi connectivity index (χ2v) is 7.90. The van der Waals surface area contributed by atoms with Crippen LogP contribution in [0.1, 0.15) is 17.5 Å². The Hall–Kier alpha value is -2.47. The van der Waals surface area contributed by atoms with Crippen molar-refractivity contribution in [3.8, 4) is 5.75 Å². The lowest BCUT2D eigenvalue weighted by Crippen LogP contribution is -2.50. The van der Waals surface area contributed by atoms with Crippen molar-refractivity contribution >= 4 is 35.0 Å². The number of rotatable bonds is 2. The quantitative estimate of drug-likeness (QED) is 0.820. The largest absolute Gasteiger partial charge is 0.497 e. The fourth-order valence-electron chi connectivity index (χ4n) is 4.31. The van der Waals surface area contributed by atoms with Gasteiger partial charge < -0.3 is 9.64 Å². The average Bonchev–Trinajstić information content (AvgIpc) is 3.15. The highest BCUT2D eigenvalue weighted by Crippen LogP contribution is 2.57. The van der Waals surface area contributed by atoms with Crippen LogP contribution < -0.4 is 14.5 Å². The molecular weight excluding hydrogens is 348 g/mol. The van der Waals surface area contributed by atoms with E-state index in [-0.39, 0.29) is 11.8 Å². The second-order valence-electron chi connectivity index (χ2n) is 6.73. The summed E-state index contributed by atoms with van der Waals surface area (Å²) in [6.45, 7) is 0.718. The van der Waals surface area contributed by atoms with E-state index < -0.39 is 4.87 Å². The van der Waals surface area contributed by atoms with Gasteiger partial charge in [-0.15, -0.1) is 11.8 Å². The Morgan fingerprint density at radius 3 is 2.69 bits per heavy atom. The molecule has 5 rings (SSSR count). The maximum absolute atomic E-state index is 13.5. The molecule has 3 aliphatic heterocycles. The van der Waals surface area contributed by atoms with Gasteiger partial charge in [0.1, 0.15) is 5.75 Å². The van der Waals surface area contributed by atoms with E-state index in [1.807, 2.05) is 41.3 Å². The Kier molecular flexibility index (Phi) is 3.34. The first-order valence-electron chi connectivity index (χ1n) is 8.72. The molecule has 1 atom stereocenters. The highest BCUT2D eigenvalue weighted by atomic mass is 32.2. The topological polar surface area (TPSA) is 49.9 Å². The van der Waals surface area contributed by atoms with E-state index in [4.69, 9.17) is 4.74 Å². The van der Waals surface area contributed by atoms with Crippen LogP contribution in [0.5, 0.6) is 5.75 Å². The summed E-state index contributed by atoms with van der Waals surface area (Å²) < 4.78 is 5.23. The molecule has 26 heavy (non-hydrogen) atoms. The van der Waals surface area contributed by atoms with Crippen molar-refractivity contribution in [2.45, 2.75) is 17.7 Å². The Labute approximate surface area is 155 Å². The lowest BCUT2D eigenvalue weighted by atomic mass is 9.98. The first-order valence-corrected chi connectivity index (χ1v) is 9.71. The average molecular weight is 366 g/mol. The summed E-state index contributed by atoms with van der Waals surface area (Å²) in [6.07, 6.45) is 1.93. The van der Waals surface area contributed by atoms with Gasteiger partial charge in [-0.2, -0.15) is 0 Å². The molecule has 6 heteroatoms. The Bertz CT molecular complexity index is 927. The maximum atomic E-state index is 13.5. The van der Waals surface area contributed by atoms with Crippen molar-refractivity contribution in [3.63, 3.8) is 0 Å². The number of fused-ring (bicyclic) bond motifs is 1. The first-order chi connectivity index (χ1) is 12.7. The molecule has 0 aromatic heterocycles. The predicted octanol–water partition coefficient (Wildman–Crippen LogP) is 2.92. The summed E-state index contributed by atoms with van der Waals surface area (Å²) in [5, 5.41) is 0. The number of benzene rings is 2. The van der Waals surface area contributed by atoms with E-state index in [1.165, 1.54) is 17.3 Å². The van der Waals surface area contributed by atoms with Gasteiger partial charge in [0.2, 0.25) is 10.8 Å². The van der Waals surface area contributed by atoms with Crippen LogP contribution in [0, 0.1) is 0 Å². The molecule has 132 valence electrons. The van der Waals surface area contributed by atoms with E-state index in [2.05, 4.69) is 6.07 Å². The van der Waals surface area contributed by atoms with Crippen LogP contribution in [0.4, 0.5) is 11.4 Å². The number of carbonyl (C=O) groups excluding carboxylic acids is 2. The van der Waals surface area contributed by atoms with Crippen LogP contribution in [-0.4, -0.2) is 31.2 Å². The summed E-state index contributed by atoms with van der Waals surface area (Å²) in [4.78, 5) is 29.0. The van der Waals surface area contributed by atoms with Crippen molar-refractivity contribution in [1.82, 2.24) is 0 Å². The Balaban J connectivity index is 1.71. The molecule has 5 nitrogen and oxygen atoms in total. The van der Waals surface area contributed by atoms with Crippen LogP contribution in [-0.2, 0) is 20.9 Å². The van der Waals surface area contributed by atoms with Crippen molar-refractivity contribution in [2.24, 2.45) is 0 Å². The molecule has 2 amide bonds. The summed E-state index contributed by atoms with van der Waals surface area (Å²) in [7, 11) is 1.61. The zero-order chi connectivity index (χ0) is 17.9. The number of anilines is 2. The third kappa shape index (κ3) is 1.88. The minimum Gasteiger partial charge on any atom is -0.497 e. The van der Waals surface area contributed by atoms with Crippen LogP contribution >= 0.6 is 11.8 Å². The van der Waals surface area contributed by atoms with E-state index in [1.54, 1.807) is 12.0 Å². The van der Waals surface area contributed by atoms with E-state index in [9.17, 15) is 9.59 Å². The van der Waals surface area contributed by atoms with Crippen LogP contribution in [0.2, 0.25) is 0 Å². The van der Waals surface area contributed by atoms with Crippen LogP contribution in [0.25, 0.3) is 0 Å². The fourth-order valence-corrected chi connectivity index (χ4v) is 5.66. The fraction of sp³-hybridized carbons (Fsp3) is 0.300. The predicted molar refractivity (Wildman–Crippen MR) is 102 cm³/mol. The molecule has 0 unspecified atom stereocenters. The molecule has 1 saturated heterocycles. The number of amides is 2. The summed E-state index contributed by atoms with van der Waals surface area (Å²) in [6, 6.07) is 13.5. The summed E-state index contributed by atoms with van der Waals surface area (Å²) in [5.41, 5.74) is 3.90. The maximum Gasteiger partial charge on any atom is 0.268 e. The van der Waals surface area contributed by atoms with Gasteiger partial charge >= 0.3 is 0 Å². The third-order valence-corrected chi connectivity index (χ3v) is 6.80. The summed E-state index contributed by atoms with van der Waals surface area (Å²) in [5.74, 6) is 0.995. The standard InChI is InChI=1S/C20H18N2O3S/c1-25-15-9-7-14(8-10-15)22-17(23)12-26-20(22)16-6-2-4-13-5-3-11-21(18(13)16)19(20)24/h2,4,6-10H,3,5,11-12H2,1H3/t20-/m1/s1. The molecule has 0 saturated carbocycles. The molecule has 2 aromatic carbocycles. The minimum absolute atomic E-state index is 0.00585. The summed E-state index contributed by atoms with van der Waals surface area (Å²) >= 11 is 1.43. The number of thioether (sulfide) groups is 1. The molecule has 1 fully saturated rings. The monoisotopic (exact) mass is 366 g/mol. The zero-order valence-corrected chi connectivity index (χ0v) is 15.2. The molecular formula is C20H18N2O3S. The van der Waals surface area contributed by atoms with Crippen LogP contribution in [0.15, 0.2) is 42.5 Å². The van der Waals surface area contributed by atoms with Gasteiger partial charge in [-0.25, -0.2) is 0 Å². The van der Waals surface area contributed by atoms with Crippen molar-refractivity contribution in [3.05, 3.63) is 53.6 Å². The molecule has 0 N–H and O–H groups in total. The number of nitrogens with zero attached hydrogens (tertiary/aromatic N) is 2. The molecule has 3 heterocycles. The van der Waals surface area contributed by atoms with E-state index in [0.717, 1.165) is 42.1 Å². The van der Waals surface area contributed by atoms with E-state index >= 15 is 0 Å². The molecule has 0 radical (unpaired) electrons. The number of methoxy groups -OCH3 is 1. The van der Waals surface area contributed by atoms with E-state index in [0.29, 0.717) is 5.75 Å². The van der Waals surface area contributed by atoms with Gasteiger partial charge in [-0.05, 0) is 42.7 Å². The molecule has 0 bridgehead atoms. The molecule has 2 aromatic rings. The highest BCUT2D eigenvalue weighted by Gasteiger charge is 2.61. The van der Waals surface area contributed by atoms with Gasteiger partial charge in [0.25, 0.3) is 5.91 Å². The number of carbonyl (C=O) groups is 2. The zero-order valence-electron chi connectivity index (χ0n) is 14.4. The number of hydrogen-bond donors (Lipinski definition) is 0. The van der Waals surface area contributed by atoms with Crippen molar-refractivity contribution in [2.75, 3.05) is 29.2 Å². The molecule has 3 aliphatic rings. The Morgan fingerprint density at radius 2 is 1.92 bits per heavy atom. The SMILES string of the molecule is COc1ccc(N2C(=O)CS[C@]23C(=O)N2CCCc4cccc3c42)cc1. The van der Waals surface area contributed by atoms with Gasteiger partial charge in [0.15, 0.2) is 0 Å². The van der Waals surface area contributed by atoms with Gasteiger partial charge in [-0.3, -0.25) is 14.5 Å². The van der Waals surface area contributed by atoms with Gasteiger partial charge in [0, 0.05) is 17.8 Å². The Morgan fingerprint density at radius 1 is 1.12 bits per heavy atom. The second kappa shape index (κ2) is 5.51. The highest BCUT2D eigenvalue weighted by molar-refractivity contribution is 8.02. The molecule has 0 aliphatic carbocycles. The number of hydrogen-bond acceptors (Lipinski definition) is 4. The third-order valence-electron chi connectivity index (χ3n) is 5.42. The number of ether oxygens (including phenoxy) is 1. The van der Waals surface area contributed by atoms with Crippen LogP contribution in [0.3, 0.4) is 0 Å². The number of aryl methyl sites for hydroxylation is 1. The smallest absolute Gasteiger partial charge is 0.268 e. The number of para-hydroxylation sites is 1. The van der Waals surface area contributed by atoms with Crippen molar-refractivity contribution in [1.29, 1.82) is 0 Å². The van der Waals surface area contributed by atoms with Crippen molar-refractivity contribution < 1.29 is 14.3 Å².